The van der Waals surface area contributed by atoms with Crippen LogP contribution in [0.15, 0.2) is 170 Å². The van der Waals surface area contributed by atoms with E-state index in [1.807, 2.05) is 53.1 Å². The van der Waals surface area contributed by atoms with Gasteiger partial charge in [-0.1, -0.05) is 195 Å². The summed E-state index contributed by atoms with van der Waals surface area (Å²) >= 11 is 0. The molecule has 3 aromatic heterocycles. The quantitative estimate of drug-likeness (QED) is 0.150. The third kappa shape index (κ3) is 6.36. The molecule has 5 nitrogen and oxygen atoms in total. The zero-order valence-corrected chi connectivity index (χ0v) is 35.7. The first-order valence-corrected chi connectivity index (χ1v) is 21.0. The van der Waals surface area contributed by atoms with Crippen molar-refractivity contribution in [2.24, 2.45) is 0 Å². The second-order valence-corrected chi connectivity index (χ2v) is 16.5. The summed E-state index contributed by atoms with van der Waals surface area (Å²) in [6.07, 6.45) is 0. The molecule has 3 heterocycles. The van der Waals surface area contributed by atoms with Gasteiger partial charge in [-0.25, -0.2) is 4.98 Å². The Morgan fingerprint density at radius 3 is 1.51 bits per heavy atom. The Bertz CT molecular complexity index is 3940. The van der Waals surface area contributed by atoms with Gasteiger partial charge < -0.3 is 4.57 Å². The lowest BCUT2D eigenvalue weighted by Gasteiger charge is -2.24. The number of benzene rings is 8. The molecule has 0 amide bonds. The highest BCUT2D eigenvalue weighted by atomic mass is 15.2. The van der Waals surface area contributed by atoms with Crippen molar-refractivity contribution in [1.82, 2.24) is 24.1 Å². The summed E-state index contributed by atoms with van der Waals surface area (Å²) in [4.78, 5) is 14.7. The first-order valence-electron chi connectivity index (χ1n) is 26.0. The van der Waals surface area contributed by atoms with Gasteiger partial charge in [-0.3, -0.25) is 4.57 Å². The van der Waals surface area contributed by atoms with E-state index in [-0.39, 0.29) is 35.4 Å². The first-order chi connectivity index (χ1) is 34.9. The zero-order valence-electron chi connectivity index (χ0n) is 45.7. The van der Waals surface area contributed by atoms with Gasteiger partial charge in [0.15, 0.2) is 11.6 Å². The van der Waals surface area contributed by atoms with Crippen molar-refractivity contribution in [3.8, 4) is 34.4 Å². The Balaban J connectivity index is 1.34. The number of nitrogens with zero attached hydrogens (tertiary/aromatic N) is 5. The van der Waals surface area contributed by atoms with Crippen molar-refractivity contribution in [2.45, 2.75) is 41.5 Å². The van der Waals surface area contributed by atoms with Crippen LogP contribution in [0, 0.1) is 41.5 Å². The lowest BCUT2D eigenvalue weighted by Crippen LogP contribution is -2.55. The summed E-state index contributed by atoms with van der Waals surface area (Å²) in [5.74, 6) is -0.764. The zero-order chi connectivity index (χ0) is 51.6. The van der Waals surface area contributed by atoms with Crippen molar-refractivity contribution in [2.75, 3.05) is 0 Å². The number of hydrogen-bond donors (Lipinski definition) is 0. The molecule has 0 N–H and O–H groups in total. The highest BCUT2D eigenvalue weighted by Gasteiger charge is 2.30. The van der Waals surface area contributed by atoms with Gasteiger partial charge in [0.1, 0.15) is 0 Å². The van der Waals surface area contributed by atoms with Crippen LogP contribution < -0.4 is 16.4 Å². The first kappa shape index (κ1) is 28.9. The molecule has 0 bridgehead atoms. The van der Waals surface area contributed by atoms with E-state index in [4.69, 9.17) is 23.7 Å². The molecule has 6 heteroatoms. The number of rotatable bonds is 7. The Morgan fingerprint density at radius 2 is 0.937 bits per heavy atom. The molecule has 0 saturated heterocycles. The van der Waals surface area contributed by atoms with E-state index in [1.165, 1.54) is 44.3 Å². The highest BCUT2D eigenvalue weighted by molar-refractivity contribution is 6.96. The van der Waals surface area contributed by atoms with E-state index in [9.17, 15) is 0 Å². The summed E-state index contributed by atoms with van der Waals surface area (Å²) in [5, 5.41) is 3.55. The highest BCUT2D eigenvalue weighted by Crippen LogP contribution is 2.41. The molecule has 11 rings (SSSR count). The van der Waals surface area contributed by atoms with E-state index in [1.54, 1.807) is 0 Å². The fourth-order valence-corrected chi connectivity index (χ4v) is 9.98. The van der Waals surface area contributed by atoms with Crippen molar-refractivity contribution >= 4 is 66.7 Å². The smallest absolute Gasteiger partial charge is 0.242 e. The third-order valence-corrected chi connectivity index (χ3v) is 12.3. The maximum absolute atomic E-state index is 9.08. The van der Waals surface area contributed by atoms with Crippen LogP contribution in [0.4, 0.5) is 0 Å². The Morgan fingerprint density at radius 1 is 0.444 bits per heavy atom. The van der Waals surface area contributed by atoms with Gasteiger partial charge in [0, 0.05) is 38.4 Å². The molecule has 11 aromatic rings. The van der Waals surface area contributed by atoms with Gasteiger partial charge in [0.2, 0.25) is 12.7 Å². The third-order valence-electron chi connectivity index (χ3n) is 12.3. The second kappa shape index (κ2) is 15.1. The van der Waals surface area contributed by atoms with E-state index in [0.717, 1.165) is 43.7 Å². The van der Waals surface area contributed by atoms with Crippen molar-refractivity contribution < 1.29 is 13.7 Å². The van der Waals surface area contributed by atoms with Crippen LogP contribution in [0.2, 0.25) is 0 Å². The molecule has 0 spiro atoms. The summed E-state index contributed by atoms with van der Waals surface area (Å²) in [7, 11) is 0. The maximum Gasteiger partial charge on any atom is 0.242 e. The molecule has 0 saturated carbocycles. The lowest BCUT2D eigenvalue weighted by molar-refractivity contribution is 0.953. The number of aryl methyl sites for hydroxylation is 6. The van der Waals surface area contributed by atoms with E-state index in [2.05, 4.69) is 112 Å². The van der Waals surface area contributed by atoms with Gasteiger partial charge in [0.25, 0.3) is 0 Å². The van der Waals surface area contributed by atoms with Crippen LogP contribution in [0.5, 0.6) is 0 Å². The molecule has 0 fully saturated rings. The molecule has 63 heavy (non-hydrogen) atoms. The Hall–Kier alpha value is -7.57. The molecule has 8 aromatic carbocycles. The largest absolute Gasteiger partial charge is 0.307 e. The minimum absolute atomic E-state index is 0.0734. The molecule has 0 aliphatic rings. The van der Waals surface area contributed by atoms with Gasteiger partial charge in [-0.2, -0.15) is 9.97 Å². The van der Waals surface area contributed by atoms with Gasteiger partial charge in [-0.15, -0.1) is 0 Å². The fraction of sp³-hybridized carbons (Fsp3) is 0.105. The number of aromatic nitrogens is 5. The average Bonchev–Trinajstić information content (AvgIpc) is 3.88. The van der Waals surface area contributed by atoms with E-state index < -0.39 is 60.4 Å². The second-order valence-electron chi connectivity index (χ2n) is 16.5. The predicted molar refractivity (Wildman–Crippen MR) is 265 cm³/mol. The van der Waals surface area contributed by atoms with Crippen molar-refractivity contribution in [3.05, 3.63) is 203 Å². The summed E-state index contributed by atoms with van der Waals surface area (Å²) in [6.45, 7) is 12.7. The monoisotopic (exact) mass is 821 g/mol. The van der Waals surface area contributed by atoms with Crippen LogP contribution in [-0.2, 0) is 0 Å². The van der Waals surface area contributed by atoms with Gasteiger partial charge >= 0.3 is 0 Å². The summed E-state index contributed by atoms with van der Waals surface area (Å²) < 4.78 is 91.8. The van der Waals surface area contributed by atoms with Crippen LogP contribution in [0.1, 0.15) is 47.1 Å². The van der Waals surface area contributed by atoms with Crippen LogP contribution in [0.3, 0.4) is 0 Å². The number of para-hydroxylation sites is 2. The van der Waals surface area contributed by atoms with Gasteiger partial charge in [-0.05, 0) is 65.8 Å². The van der Waals surface area contributed by atoms with Crippen molar-refractivity contribution in [3.63, 3.8) is 0 Å². The molecule has 0 radical (unpaired) electrons. The van der Waals surface area contributed by atoms with Crippen LogP contribution >= 0.6 is 0 Å². The SMILES string of the molecule is [2H]c1c([2H])c([2H])c(-c2nc(-c3c([2H])c([2H])c([2H])c([2H])c3[2H])nc(-n3c4ccc(B(c5c(C)cc(C)cc5C)c5c(C)cc(C)cc5C)cc4c4ccc5c6ccccc6n(-c6ccccc6)c5c43)n2)c([2H])c1[2H]. The van der Waals surface area contributed by atoms with E-state index >= 15 is 0 Å². The molecule has 0 atom stereocenters. The molecule has 0 aliphatic carbocycles. The molecule has 0 unspecified atom stereocenters. The van der Waals surface area contributed by atoms with Crippen LogP contribution in [0.25, 0.3) is 78.0 Å². The summed E-state index contributed by atoms with van der Waals surface area (Å²) in [5.41, 5.74) is 13.7. The topological polar surface area (TPSA) is 48.5 Å². The lowest BCUT2D eigenvalue weighted by atomic mass is 9.34. The van der Waals surface area contributed by atoms with Crippen molar-refractivity contribution in [1.29, 1.82) is 0 Å². The fourth-order valence-electron chi connectivity index (χ4n) is 9.98. The minimum Gasteiger partial charge on any atom is -0.307 e. The van der Waals surface area contributed by atoms with E-state index in [0.29, 0.717) is 11.0 Å². The van der Waals surface area contributed by atoms with Crippen LogP contribution in [-0.4, -0.2) is 30.8 Å². The normalized spacial score (nSPS) is 13.9. The Kier molecular flexibility index (Phi) is 6.92. The minimum atomic E-state index is -0.617. The Labute approximate surface area is 382 Å². The molecule has 302 valence electrons. The predicted octanol–water partition coefficient (Wildman–Crippen LogP) is 11.8. The maximum atomic E-state index is 9.08. The number of fused-ring (bicyclic) bond motifs is 7. The molecule has 0 aliphatic heterocycles. The standard InChI is InChI=1S/C57H46BN5/c1-35-30-37(3)51(38(4)31-35)58(52-39(5)32-36(2)33-40(52)6)43-26-29-50-48(34-43)47-28-27-46-45-24-16-17-25-49(45)62(44-22-14-9-15-23-44)53(46)54(47)63(50)57-60-55(41-18-10-7-11-19-41)59-56(61-57)42-20-12-8-13-21-42/h7-34H,1-6H3/i7D,8D,10D,11D,12D,13D,18D,19D,20D,21D. The molecular weight excluding hydrogens is 765 g/mol. The summed E-state index contributed by atoms with van der Waals surface area (Å²) in [6, 6.07) is 31.7. The average molecular weight is 822 g/mol. The van der Waals surface area contributed by atoms with Gasteiger partial charge in [0.05, 0.1) is 35.8 Å². The molecular formula is C57H46BN5. The number of hydrogen-bond acceptors (Lipinski definition) is 3.